The van der Waals surface area contributed by atoms with Gasteiger partial charge in [0.1, 0.15) is 22.7 Å². The fourth-order valence-electron chi connectivity index (χ4n) is 1.24. The average Bonchev–Trinajstić information content (AvgIpc) is 2.83. The van der Waals surface area contributed by atoms with Crippen LogP contribution in [0.4, 0.5) is 0 Å². The third kappa shape index (κ3) is 2.47. The molecule has 90 valence electrons. The van der Waals surface area contributed by atoms with Crippen LogP contribution in [0.1, 0.15) is 6.92 Å². The molecule has 0 spiro atoms. The molecule has 0 aliphatic rings. The first-order valence-corrected chi connectivity index (χ1v) is 5.95. The summed E-state index contributed by atoms with van der Waals surface area (Å²) in [5.41, 5.74) is 6.95. The minimum Gasteiger partial charge on any atom is -0.409 e. The van der Waals surface area contributed by atoms with Crippen molar-refractivity contribution < 1.29 is 5.21 Å². The molecule has 4 N–H and O–H groups in total. The number of hydrogen-bond donors (Lipinski definition) is 3. The van der Waals surface area contributed by atoms with Crippen molar-refractivity contribution in [3.63, 3.8) is 0 Å². The highest BCUT2D eigenvalue weighted by atomic mass is 32.2. The summed E-state index contributed by atoms with van der Waals surface area (Å²) in [5.74, 6) is 0.853. The Labute approximate surface area is 102 Å². The third-order valence-corrected chi connectivity index (χ3v) is 3.53. The lowest BCUT2D eigenvalue weighted by Crippen LogP contribution is -2.22. The van der Waals surface area contributed by atoms with Gasteiger partial charge in [0.15, 0.2) is 5.65 Å². The second-order valence-corrected chi connectivity index (χ2v) is 4.53. The summed E-state index contributed by atoms with van der Waals surface area (Å²) < 4.78 is 0. The Morgan fingerprint density at radius 2 is 2.41 bits per heavy atom. The van der Waals surface area contributed by atoms with Crippen LogP contribution in [0.15, 0.2) is 22.8 Å². The number of H-pyrrole nitrogens is 1. The van der Waals surface area contributed by atoms with E-state index in [1.165, 1.54) is 18.1 Å². The maximum Gasteiger partial charge on any atom is 0.181 e. The summed E-state index contributed by atoms with van der Waals surface area (Å²) in [7, 11) is 0. The van der Waals surface area contributed by atoms with Crippen LogP contribution in [-0.4, -0.2) is 36.7 Å². The van der Waals surface area contributed by atoms with Crippen molar-refractivity contribution >= 4 is 28.8 Å². The van der Waals surface area contributed by atoms with E-state index in [1.807, 2.05) is 6.92 Å². The van der Waals surface area contributed by atoms with Gasteiger partial charge in [0.05, 0.1) is 6.33 Å². The second kappa shape index (κ2) is 5.00. The van der Waals surface area contributed by atoms with E-state index in [1.54, 1.807) is 6.33 Å². The highest BCUT2D eigenvalue weighted by molar-refractivity contribution is 7.99. The van der Waals surface area contributed by atoms with Crippen LogP contribution in [0.25, 0.3) is 11.2 Å². The van der Waals surface area contributed by atoms with E-state index in [9.17, 15) is 0 Å². The number of thioether (sulfide) groups is 1. The summed E-state index contributed by atoms with van der Waals surface area (Å²) in [6, 6.07) is 0. The van der Waals surface area contributed by atoms with Gasteiger partial charge in [-0.25, -0.2) is 15.0 Å². The van der Waals surface area contributed by atoms with Crippen LogP contribution in [0.2, 0.25) is 0 Å². The molecule has 2 rings (SSSR count). The van der Waals surface area contributed by atoms with E-state index < -0.39 is 0 Å². The zero-order chi connectivity index (χ0) is 12.3. The molecule has 7 nitrogen and oxygen atoms in total. The van der Waals surface area contributed by atoms with Gasteiger partial charge in [0.25, 0.3) is 0 Å². The molecule has 2 aromatic heterocycles. The number of nitrogens with two attached hydrogens (primary N) is 1. The predicted molar refractivity (Wildman–Crippen MR) is 65.0 cm³/mol. The molecule has 1 unspecified atom stereocenters. The van der Waals surface area contributed by atoms with Crippen molar-refractivity contribution in [3.05, 3.63) is 12.7 Å². The fraction of sp³-hybridized carbons (Fsp3) is 0.333. The first-order chi connectivity index (χ1) is 8.22. The predicted octanol–water partition coefficient (Wildman–Crippen LogP) is 0.827. The van der Waals surface area contributed by atoms with Crippen LogP contribution in [0, 0.1) is 5.92 Å². The summed E-state index contributed by atoms with van der Waals surface area (Å²) in [4.78, 5) is 15.2. The van der Waals surface area contributed by atoms with Crippen LogP contribution in [0.5, 0.6) is 0 Å². The van der Waals surface area contributed by atoms with Gasteiger partial charge in [0.2, 0.25) is 0 Å². The Balaban J connectivity index is 2.11. The number of aromatic nitrogens is 4. The molecular formula is C9H12N6OS. The molecule has 0 aromatic carbocycles. The molecule has 0 fully saturated rings. The Morgan fingerprint density at radius 1 is 1.59 bits per heavy atom. The van der Waals surface area contributed by atoms with Crippen molar-refractivity contribution in [2.24, 2.45) is 16.8 Å². The van der Waals surface area contributed by atoms with E-state index in [-0.39, 0.29) is 11.8 Å². The Kier molecular flexibility index (Phi) is 3.43. The van der Waals surface area contributed by atoms with Crippen LogP contribution >= 0.6 is 11.8 Å². The van der Waals surface area contributed by atoms with Gasteiger partial charge >= 0.3 is 0 Å². The highest BCUT2D eigenvalue weighted by Crippen LogP contribution is 2.23. The highest BCUT2D eigenvalue weighted by Gasteiger charge is 2.11. The first-order valence-electron chi connectivity index (χ1n) is 4.96. The van der Waals surface area contributed by atoms with Gasteiger partial charge in [-0.2, -0.15) is 0 Å². The molecule has 0 aliphatic heterocycles. The molecule has 2 heterocycles. The number of nitrogens with zero attached hydrogens (tertiary/aromatic N) is 4. The van der Waals surface area contributed by atoms with E-state index in [0.29, 0.717) is 11.4 Å². The zero-order valence-corrected chi connectivity index (χ0v) is 9.98. The van der Waals surface area contributed by atoms with E-state index >= 15 is 0 Å². The molecule has 1 atom stereocenters. The monoisotopic (exact) mass is 252 g/mol. The number of imidazole rings is 1. The molecule has 0 radical (unpaired) electrons. The van der Waals surface area contributed by atoms with Gasteiger partial charge < -0.3 is 15.9 Å². The van der Waals surface area contributed by atoms with Crippen LogP contribution < -0.4 is 5.73 Å². The SMILES string of the molecule is CC(CSc1ncnc2nc[nH]c12)C(N)=NO. The summed E-state index contributed by atoms with van der Waals surface area (Å²) in [6.45, 7) is 1.88. The molecule has 0 amide bonds. The van der Waals surface area contributed by atoms with E-state index in [0.717, 1.165) is 10.5 Å². The van der Waals surface area contributed by atoms with E-state index in [2.05, 4.69) is 25.1 Å². The van der Waals surface area contributed by atoms with Gasteiger partial charge in [0, 0.05) is 11.7 Å². The van der Waals surface area contributed by atoms with E-state index in [4.69, 9.17) is 10.9 Å². The molecule has 2 aromatic rings. The minimum absolute atomic E-state index is 0.0297. The number of fused-ring (bicyclic) bond motifs is 1. The molecule has 0 saturated heterocycles. The lowest BCUT2D eigenvalue weighted by Gasteiger charge is -2.08. The van der Waals surface area contributed by atoms with Crippen molar-refractivity contribution in [2.75, 3.05) is 5.75 Å². The molecule has 0 bridgehead atoms. The Bertz CT molecular complexity index is 539. The number of oxime groups is 1. The van der Waals surface area contributed by atoms with Gasteiger partial charge in [-0.3, -0.25) is 0 Å². The summed E-state index contributed by atoms with van der Waals surface area (Å²) >= 11 is 1.51. The number of hydrogen-bond acceptors (Lipinski definition) is 6. The molecule has 0 aliphatic carbocycles. The molecule has 17 heavy (non-hydrogen) atoms. The van der Waals surface area contributed by atoms with Crippen molar-refractivity contribution in [3.8, 4) is 0 Å². The maximum atomic E-state index is 8.55. The average molecular weight is 252 g/mol. The topological polar surface area (TPSA) is 113 Å². The Morgan fingerprint density at radius 3 is 3.18 bits per heavy atom. The lowest BCUT2D eigenvalue weighted by atomic mass is 10.2. The lowest BCUT2D eigenvalue weighted by molar-refractivity contribution is 0.315. The fourth-order valence-corrected chi connectivity index (χ4v) is 2.24. The second-order valence-electron chi connectivity index (χ2n) is 3.52. The van der Waals surface area contributed by atoms with Crippen molar-refractivity contribution in [2.45, 2.75) is 11.9 Å². The number of aromatic amines is 1. The van der Waals surface area contributed by atoms with Gasteiger partial charge in [-0.15, -0.1) is 11.8 Å². The Hall–Kier alpha value is -1.83. The molecule has 0 saturated carbocycles. The quantitative estimate of drug-likeness (QED) is 0.185. The largest absolute Gasteiger partial charge is 0.409 e. The van der Waals surface area contributed by atoms with Gasteiger partial charge in [-0.1, -0.05) is 12.1 Å². The van der Waals surface area contributed by atoms with Crippen LogP contribution in [0.3, 0.4) is 0 Å². The smallest absolute Gasteiger partial charge is 0.181 e. The summed E-state index contributed by atoms with van der Waals surface area (Å²) in [5, 5.41) is 12.3. The summed E-state index contributed by atoms with van der Waals surface area (Å²) in [6.07, 6.45) is 3.05. The maximum absolute atomic E-state index is 8.55. The molecule has 8 heteroatoms. The third-order valence-electron chi connectivity index (χ3n) is 2.28. The van der Waals surface area contributed by atoms with Gasteiger partial charge in [-0.05, 0) is 0 Å². The van der Waals surface area contributed by atoms with Crippen LogP contribution in [-0.2, 0) is 0 Å². The number of nitrogens with one attached hydrogen (secondary N) is 1. The van der Waals surface area contributed by atoms with Crippen molar-refractivity contribution in [1.82, 2.24) is 19.9 Å². The normalized spacial score (nSPS) is 14.1. The number of rotatable bonds is 4. The van der Waals surface area contributed by atoms with Crippen molar-refractivity contribution in [1.29, 1.82) is 0 Å². The first kappa shape index (κ1) is 11.6. The number of amidine groups is 1. The standard InChI is InChI=1S/C9H12N6OS/c1-5(7(10)15-16)2-17-9-6-8(12-3-11-6)13-4-14-9/h3-5,16H,2H2,1H3,(H2,10,15)(H,11,12,13,14). The molecular weight excluding hydrogens is 240 g/mol. The minimum atomic E-state index is -0.0297. The zero-order valence-electron chi connectivity index (χ0n) is 9.16.